The molecule has 0 saturated carbocycles. The molecule has 0 saturated heterocycles. The van der Waals surface area contributed by atoms with E-state index in [1.807, 2.05) is 38.8 Å². The summed E-state index contributed by atoms with van der Waals surface area (Å²) in [6.45, 7) is 11.2. The quantitative estimate of drug-likeness (QED) is 0.360. The highest BCUT2D eigenvalue weighted by Gasteiger charge is 2.49. The van der Waals surface area contributed by atoms with Crippen molar-refractivity contribution in [1.29, 1.82) is 0 Å². The zero-order chi connectivity index (χ0) is 17.1. The number of nitrogens with two attached hydrogens (primary N) is 1. The van der Waals surface area contributed by atoms with Gasteiger partial charge in [0.25, 0.3) is 0 Å². The van der Waals surface area contributed by atoms with E-state index in [0.29, 0.717) is 26.4 Å². The zero-order valence-electron chi connectivity index (χ0n) is 15.0. The van der Waals surface area contributed by atoms with E-state index in [9.17, 15) is 0 Å². The predicted octanol–water partition coefficient (Wildman–Crippen LogP) is 2.84. The van der Waals surface area contributed by atoms with Crippen molar-refractivity contribution in [3.63, 3.8) is 0 Å². The van der Waals surface area contributed by atoms with Crippen LogP contribution in [0.5, 0.6) is 0 Å². The standard InChI is InChI=1S/C17H32N2O3Si/c1-5-19(18)15-17(14-16-12-10-9-11-13-16)23(20-6-2,21-7-3)22-8-4/h9-13,17H,5-8,14-15,18H2,1-4H3. The first-order valence-electron chi connectivity index (χ1n) is 8.57. The molecule has 6 heteroatoms. The molecule has 132 valence electrons. The van der Waals surface area contributed by atoms with E-state index >= 15 is 0 Å². The Hall–Kier alpha value is -0.763. The minimum atomic E-state index is -2.81. The maximum absolute atomic E-state index is 6.10. The summed E-state index contributed by atoms with van der Waals surface area (Å²) < 4.78 is 18.3. The maximum atomic E-state index is 6.10. The average molecular weight is 341 g/mol. The first-order chi connectivity index (χ1) is 11.1. The molecule has 1 aromatic carbocycles. The van der Waals surface area contributed by atoms with Gasteiger partial charge in [0.2, 0.25) is 0 Å². The van der Waals surface area contributed by atoms with Gasteiger partial charge < -0.3 is 13.3 Å². The minimum absolute atomic E-state index is 0.106. The molecule has 0 radical (unpaired) electrons. The van der Waals surface area contributed by atoms with Gasteiger partial charge in [-0.3, -0.25) is 5.84 Å². The lowest BCUT2D eigenvalue weighted by Gasteiger charge is -2.37. The molecule has 0 amide bonds. The number of nitrogens with zero attached hydrogens (tertiary/aromatic N) is 1. The van der Waals surface area contributed by atoms with Crippen LogP contribution in [-0.4, -0.2) is 46.7 Å². The topological polar surface area (TPSA) is 57.0 Å². The second-order valence-corrected chi connectivity index (χ2v) is 8.27. The smallest absolute Gasteiger partial charge is 0.374 e. The summed E-state index contributed by atoms with van der Waals surface area (Å²) in [6, 6.07) is 10.4. The van der Waals surface area contributed by atoms with Crippen molar-refractivity contribution < 1.29 is 13.3 Å². The molecule has 0 aliphatic heterocycles. The largest absolute Gasteiger partial charge is 0.505 e. The third kappa shape index (κ3) is 6.33. The molecule has 0 bridgehead atoms. The lowest BCUT2D eigenvalue weighted by molar-refractivity contribution is 0.0555. The normalized spacial score (nSPS) is 13.5. The van der Waals surface area contributed by atoms with Gasteiger partial charge in [-0.05, 0) is 32.8 Å². The molecule has 0 spiro atoms. The van der Waals surface area contributed by atoms with Crippen molar-refractivity contribution in [3.8, 4) is 0 Å². The average Bonchev–Trinajstić information content (AvgIpc) is 2.55. The van der Waals surface area contributed by atoms with Gasteiger partial charge in [0.1, 0.15) is 0 Å². The summed E-state index contributed by atoms with van der Waals surface area (Å²) in [5.74, 6) is 6.10. The third-order valence-electron chi connectivity index (χ3n) is 3.72. The van der Waals surface area contributed by atoms with E-state index in [1.165, 1.54) is 5.56 Å². The highest BCUT2D eigenvalue weighted by molar-refractivity contribution is 6.62. The summed E-state index contributed by atoms with van der Waals surface area (Å²) in [5.41, 5.74) is 1.35. The molecule has 0 aliphatic rings. The Labute approximate surface area is 142 Å². The van der Waals surface area contributed by atoms with Gasteiger partial charge in [0.15, 0.2) is 0 Å². The Kier molecular flexibility index (Phi) is 9.62. The van der Waals surface area contributed by atoms with Crippen LogP contribution in [-0.2, 0) is 19.7 Å². The van der Waals surface area contributed by atoms with Crippen LogP contribution in [0.15, 0.2) is 30.3 Å². The van der Waals surface area contributed by atoms with Crippen LogP contribution in [0.4, 0.5) is 0 Å². The van der Waals surface area contributed by atoms with Crippen LogP contribution in [0, 0.1) is 0 Å². The molecule has 1 atom stereocenters. The highest BCUT2D eigenvalue weighted by atomic mass is 28.4. The SMILES string of the molecule is CCO[Si](OCC)(OCC)C(Cc1ccccc1)CN(N)CC. The van der Waals surface area contributed by atoms with Gasteiger partial charge in [-0.15, -0.1) is 0 Å². The van der Waals surface area contributed by atoms with Crippen LogP contribution >= 0.6 is 0 Å². The van der Waals surface area contributed by atoms with E-state index in [0.717, 1.165) is 13.0 Å². The van der Waals surface area contributed by atoms with Gasteiger partial charge >= 0.3 is 8.80 Å². The van der Waals surface area contributed by atoms with Gasteiger partial charge in [-0.2, -0.15) is 0 Å². The number of hydrazine groups is 1. The number of hydrogen-bond acceptors (Lipinski definition) is 5. The fourth-order valence-corrected chi connectivity index (χ4v) is 5.80. The predicted molar refractivity (Wildman–Crippen MR) is 96.0 cm³/mol. The van der Waals surface area contributed by atoms with E-state index in [4.69, 9.17) is 19.1 Å². The lowest BCUT2D eigenvalue weighted by Crippen LogP contribution is -2.54. The molecule has 1 aromatic rings. The van der Waals surface area contributed by atoms with Crippen molar-refractivity contribution in [2.24, 2.45) is 5.84 Å². The van der Waals surface area contributed by atoms with Crippen molar-refractivity contribution in [3.05, 3.63) is 35.9 Å². The van der Waals surface area contributed by atoms with Crippen molar-refractivity contribution in [2.45, 2.75) is 39.7 Å². The second-order valence-electron chi connectivity index (χ2n) is 5.38. The molecule has 5 nitrogen and oxygen atoms in total. The molecular formula is C17H32N2O3Si. The van der Waals surface area contributed by atoms with Crippen LogP contribution in [0.25, 0.3) is 0 Å². The number of hydrogen-bond donors (Lipinski definition) is 1. The Balaban J connectivity index is 3.08. The summed E-state index contributed by atoms with van der Waals surface area (Å²) in [5, 5.41) is 1.81. The molecule has 0 aromatic heterocycles. The molecule has 1 rings (SSSR count). The minimum Gasteiger partial charge on any atom is -0.374 e. The van der Waals surface area contributed by atoms with E-state index in [2.05, 4.69) is 24.3 Å². The zero-order valence-corrected chi connectivity index (χ0v) is 16.0. The van der Waals surface area contributed by atoms with Gasteiger partial charge in [-0.1, -0.05) is 37.3 Å². The fourth-order valence-electron chi connectivity index (χ4n) is 2.69. The first-order valence-corrected chi connectivity index (χ1v) is 10.4. The Morgan fingerprint density at radius 2 is 1.48 bits per heavy atom. The molecular weight excluding hydrogens is 308 g/mol. The van der Waals surface area contributed by atoms with Crippen molar-refractivity contribution >= 4 is 8.80 Å². The molecule has 0 aliphatic carbocycles. The summed E-state index contributed by atoms with van der Waals surface area (Å²) in [4.78, 5) is 0. The maximum Gasteiger partial charge on any atom is 0.505 e. The monoisotopic (exact) mass is 340 g/mol. The van der Waals surface area contributed by atoms with Gasteiger partial charge in [-0.25, -0.2) is 5.01 Å². The summed E-state index contributed by atoms with van der Waals surface area (Å²) in [6.07, 6.45) is 0.834. The molecule has 0 fully saturated rings. The van der Waals surface area contributed by atoms with Crippen molar-refractivity contribution in [2.75, 3.05) is 32.9 Å². The Morgan fingerprint density at radius 3 is 1.91 bits per heavy atom. The van der Waals surface area contributed by atoms with Crippen molar-refractivity contribution in [1.82, 2.24) is 5.01 Å². The van der Waals surface area contributed by atoms with E-state index in [-0.39, 0.29) is 5.54 Å². The summed E-state index contributed by atoms with van der Waals surface area (Å²) >= 11 is 0. The Morgan fingerprint density at radius 1 is 0.957 bits per heavy atom. The Bertz CT molecular complexity index is 403. The summed E-state index contributed by atoms with van der Waals surface area (Å²) in [7, 11) is -2.81. The number of benzene rings is 1. The van der Waals surface area contributed by atoms with Gasteiger partial charge in [0.05, 0.1) is 0 Å². The fraction of sp³-hybridized carbons (Fsp3) is 0.647. The molecule has 1 unspecified atom stereocenters. The van der Waals surface area contributed by atoms with E-state index < -0.39 is 8.80 Å². The molecule has 2 N–H and O–H groups in total. The van der Waals surface area contributed by atoms with Crippen LogP contribution in [0.1, 0.15) is 33.3 Å². The first kappa shape index (κ1) is 20.3. The van der Waals surface area contributed by atoms with E-state index in [1.54, 1.807) is 0 Å². The second kappa shape index (κ2) is 10.9. The highest BCUT2D eigenvalue weighted by Crippen LogP contribution is 2.30. The lowest BCUT2D eigenvalue weighted by atomic mass is 10.1. The van der Waals surface area contributed by atoms with Crippen LogP contribution < -0.4 is 5.84 Å². The molecule has 23 heavy (non-hydrogen) atoms. The number of rotatable bonds is 12. The third-order valence-corrected chi connectivity index (χ3v) is 7.18. The van der Waals surface area contributed by atoms with Crippen LogP contribution in [0.3, 0.4) is 0 Å². The molecule has 0 heterocycles. The van der Waals surface area contributed by atoms with Gasteiger partial charge in [0, 0.05) is 38.5 Å². The van der Waals surface area contributed by atoms with Crippen LogP contribution in [0.2, 0.25) is 5.54 Å².